The number of rotatable bonds is 2. The lowest BCUT2D eigenvalue weighted by molar-refractivity contribution is 1.26. The maximum Gasteiger partial charge on any atom is 0.00516 e. The Hall–Kier alpha value is -0.980. The van der Waals surface area contributed by atoms with Gasteiger partial charge in [-0.1, -0.05) is 12.2 Å². The Morgan fingerprint density at radius 1 is 1.09 bits per heavy atom. The van der Waals surface area contributed by atoms with E-state index in [0.717, 1.165) is 5.70 Å². The fourth-order valence-corrected chi connectivity index (χ4v) is 0.837. The van der Waals surface area contributed by atoms with Gasteiger partial charge in [-0.25, -0.2) is 0 Å². The summed E-state index contributed by atoms with van der Waals surface area (Å²) in [6, 6.07) is 0. The summed E-state index contributed by atoms with van der Waals surface area (Å²) in [6.07, 6.45) is 6.09. The van der Waals surface area contributed by atoms with Gasteiger partial charge in [0.15, 0.2) is 0 Å². The third-order valence-corrected chi connectivity index (χ3v) is 1.48. The van der Waals surface area contributed by atoms with Crippen molar-refractivity contribution in [2.45, 2.75) is 27.7 Å². The molecule has 0 unspecified atom stereocenters. The molecule has 0 saturated heterocycles. The van der Waals surface area contributed by atoms with Crippen LogP contribution < -0.4 is 5.73 Å². The Bertz CT molecular complexity index is 203. The monoisotopic (exact) mass is 151 g/mol. The SMILES string of the molecule is C/C=C/C(C)=C(C)\C=C(/C)N. The van der Waals surface area contributed by atoms with E-state index in [2.05, 4.69) is 19.9 Å². The molecule has 11 heavy (non-hydrogen) atoms. The van der Waals surface area contributed by atoms with Gasteiger partial charge in [-0.3, -0.25) is 0 Å². The van der Waals surface area contributed by atoms with Crippen LogP contribution in [0.3, 0.4) is 0 Å². The molecule has 62 valence electrons. The highest BCUT2D eigenvalue weighted by Gasteiger charge is 1.88. The van der Waals surface area contributed by atoms with Crippen LogP contribution in [0.5, 0.6) is 0 Å². The Morgan fingerprint density at radius 3 is 2.00 bits per heavy atom. The first-order chi connectivity index (χ1) is 5.07. The van der Waals surface area contributed by atoms with Crippen LogP contribution >= 0.6 is 0 Å². The summed E-state index contributed by atoms with van der Waals surface area (Å²) in [4.78, 5) is 0. The van der Waals surface area contributed by atoms with Gasteiger partial charge in [-0.2, -0.15) is 0 Å². The van der Waals surface area contributed by atoms with Gasteiger partial charge in [0.25, 0.3) is 0 Å². The van der Waals surface area contributed by atoms with Gasteiger partial charge >= 0.3 is 0 Å². The van der Waals surface area contributed by atoms with Crippen LogP contribution in [0.15, 0.2) is 35.1 Å². The predicted molar refractivity (Wildman–Crippen MR) is 51.1 cm³/mol. The van der Waals surface area contributed by atoms with E-state index < -0.39 is 0 Å². The molecule has 1 heteroatoms. The Kier molecular flexibility index (Phi) is 4.35. The molecule has 0 spiro atoms. The molecule has 0 radical (unpaired) electrons. The second-order valence-electron chi connectivity index (χ2n) is 2.75. The summed E-state index contributed by atoms with van der Waals surface area (Å²) in [5, 5.41) is 0. The van der Waals surface area contributed by atoms with Gasteiger partial charge < -0.3 is 5.73 Å². The third kappa shape index (κ3) is 4.43. The van der Waals surface area contributed by atoms with Gasteiger partial charge in [0, 0.05) is 5.70 Å². The molecule has 0 aromatic carbocycles. The normalized spacial score (nSPS) is 15.5. The van der Waals surface area contributed by atoms with Crippen molar-refractivity contribution in [1.29, 1.82) is 0 Å². The highest BCUT2D eigenvalue weighted by Crippen LogP contribution is 2.06. The van der Waals surface area contributed by atoms with E-state index in [1.807, 2.05) is 26.0 Å². The van der Waals surface area contributed by atoms with Gasteiger partial charge in [0.1, 0.15) is 0 Å². The second kappa shape index (κ2) is 4.78. The first-order valence-corrected chi connectivity index (χ1v) is 3.82. The Morgan fingerprint density at radius 2 is 1.64 bits per heavy atom. The van der Waals surface area contributed by atoms with Crippen LogP contribution in [0, 0.1) is 0 Å². The van der Waals surface area contributed by atoms with E-state index in [-0.39, 0.29) is 0 Å². The largest absolute Gasteiger partial charge is 0.402 e. The third-order valence-electron chi connectivity index (χ3n) is 1.48. The molecule has 2 N–H and O–H groups in total. The molecule has 0 heterocycles. The molecule has 0 aromatic heterocycles. The van der Waals surface area contributed by atoms with Crippen molar-refractivity contribution >= 4 is 0 Å². The van der Waals surface area contributed by atoms with Gasteiger partial charge in [0.2, 0.25) is 0 Å². The summed E-state index contributed by atoms with van der Waals surface area (Å²) >= 11 is 0. The maximum absolute atomic E-state index is 5.53. The van der Waals surface area contributed by atoms with Crippen molar-refractivity contribution < 1.29 is 0 Å². The molecular formula is C10H17N. The molecule has 0 amide bonds. The number of hydrogen-bond donors (Lipinski definition) is 1. The van der Waals surface area contributed by atoms with E-state index in [1.165, 1.54) is 11.1 Å². The van der Waals surface area contributed by atoms with E-state index in [0.29, 0.717) is 0 Å². The van der Waals surface area contributed by atoms with Crippen molar-refractivity contribution in [3.05, 3.63) is 35.1 Å². The average molecular weight is 151 g/mol. The highest BCUT2D eigenvalue weighted by molar-refractivity contribution is 5.31. The standard InChI is InChI=1S/C10H17N/c1-5-6-8(2)9(3)7-10(4)11/h5-7H,11H2,1-4H3/b6-5+,9-8-,10-7+. The van der Waals surface area contributed by atoms with Crippen molar-refractivity contribution in [2.75, 3.05) is 0 Å². The Labute approximate surface area is 69.3 Å². The first kappa shape index (κ1) is 10.0. The zero-order chi connectivity index (χ0) is 8.85. The quantitative estimate of drug-likeness (QED) is 0.603. The zero-order valence-corrected chi connectivity index (χ0v) is 7.81. The Balaban J connectivity index is 4.53. The summed E-state index contributed by atoms with van der Waals surface area (Å²) < 4.78 is 0. The lowest BCUT2D eigenvalue weighted by Crippen LogP contribution is -1.90. The van der Waals surface area contributed by atoms with Crippen LogP contribution in [0.1, 0.15) is 27.7 Å². The lowest BCUT2D eigenvalue weighted by atomic mass is 10.1. The van der Waals surface area contributed by atoms with Gasteiger partial charge in [-0.05, 0) is 44.9 Å². The zero-order valence-electron chi connectivity index (χ0n) is 7.81. The molecule has 0 aliphatic carbocycles. The lowest BCUT2D eigenvalue weighted by Gasteiger charge is -1.97. The van der Waals surface area contributed by atoms with Crippen LogP contribution in [0.25, 0.3) is 0 Å². The smallest absolute Gasteiger partial charge is 0.00516 e. The topological polar surface area (TPSA) is 26.0 Å². The summed E-state index contributed by atoms with van der Waals surface area (Å²) in [7, 11) is 0. The molecule has 1 nitrogen and oxygen atoms in total. The minimum atomic E-state index is 0.853. The first-order valence-electron chi connectivity index (χ1n) is 3.82. The molecule has 0 aliphatic rings. The summed E-state index contributed by atoms with van der Waals surface area (Å²) in [6.45, 7) is 8.04. The van der Waals surface area contributed by atoms with Crippen LogP contribution in [-0.2, 0) is 0 Å². The fourth-order valence-electron chi connectivity index (χ4n) is 0.837. The number of allylic oxidation sites excluding steroid dienone is 6. The van der Waals surface area contributed by atoms with Crippen molar-refractivity contribution in [3.63, 3.8) is 0 Å². The summed E-state index contributed by atoms with van der Waals surface area (Å²) in [5.74, 6) is 0. The van der Waals surface area contributed by atoms with Crippen molar-refractivity contribution in [2.24, 2.45) is 5.73 Å². The van der Waals surface area contributed by atoms with E-state index >= 15 is 0 Å². The van der Waals surface area contributed by atoms with E-state index in [9.17, 15) is 0 Å². The van der Waals surface area contributed by atoms with Crippen molar-refractivity contribution in [1.82, 2.24) is 0 Å². The molecule has 0 bridgehead atoms. The second-order valence-corrected chi connectivity index (χ2v) is 2.75. The molecule has 0 saturated carbocycles. The minimum absolute atomic E-state index is 0.853. The molecule has 0 aliphatic heterocycles. The van der Waals surface area contributed by atoms with E-state index in [1.54, 1.807) is 0 Å². The van der Waals surface area contributed by atoms with Crippen molar-refractivity contribution in [3.8, 4) is 0 Å². The number of nitrogens with two attached hydrogens (primary N) is 1. The fraction of sp³-hybridized carbons (Fsp3) is 0.400. The van der Waals surface area contributed by atoms with E-state index in [4.69, 9.17) is 5.73 Å². The van der Waals surface area contributed by atoms with Crippen LogP contribution in [0.4, 0.5) is 0 Å². The van der Waals surface area contributed by atoms with Gasteiger partial charge in [0.05, 0.1) is 0 Å². The van der Waals surface area contributed by atoms with Gasteiger partial charge in [-0.15, -0.1) is 0 Å². The van der Waals surface area contributed by atoms with Crippen LogP contribution in [0.2, 0.25) is 0 Å². The average Bonchev–Trinajstić information content (AvgIpc) is 1.86. The highest BCUT2D eigenvalue weighted by atomic mass is 14.5. The molecule has 0 rings (SSSR count). The summed E-state index contributed by atoms with van der Waals surface area (Å²) in [5.41, 5.74) is 8.87. The maximum atomic E-state index is 5.53. The number of hydrogen-bond acceptors (Lipinski definition) is 1. The molecule has 0 aromatic rings. The van der Waals surface area contributed by atoms with Crippen LogP contribution in [-0.4, -0.2) is 0 Å². The molecule has 0 atom stereocenters. The molecular weight excluding hydrogens is 134 g/mol. The minimum Gasteiger partial charge on any atom is -0.402 e. The predicted octanol–water partition coefficient (Wildman–Crippen LogP) is 2.76. The molecule has 0 fully saturated rings.